The third kappa shape index (κ3) is 3.39. The maximum absolute atomic E-state index is 3.77. The standard InChI is InChI=1S/C18H29N/c1-6-7-18(8-9-18)12-19-16(5)17-11-14(3)13(2)10-15(17)4/h10-11,16,19H,6-9,12H2,1-5H3. The zero-order valence-corrected chi connectivity index (χ0v) is 13.3. The van der Waals surface area contributed by atoms with Crippen molar-refractivity contribution in [2.24, 2.45) is 5.41 Å². The Morgan fingerprint density at radius 3 is 2.32 bits per heavy atom. The second-order valence-electron chi connectivity index (χ2n) is 6.65. The van der Waals surface area contributed by atoms with Gasteiger partial charge in [0.05, 0.1) is 0 Å². The molecule has 1 N–H and O–H groups in total. The third-order valence-corrected chi connectivity index (χ3v) is 4.87. The predicted molar refractivity (Wildman–Crippen MR) is 83.6 cm³/mol. The molecule has 2 rings (SSSR count). The molecule has 0 aliphatic heterocycles. The molecule has 1 saturated carbocycles. The van der Waals surface area contributed by atoms with Gasteiger partial charge in [0.25, 0.3) is 0 Å². The zero-order chi connectivity index (χ0) is 14.0. The van der Waals surface area contributed by atoms with E-state index in [1.54, 1.807) is 0 Å². The van der Waals surface area contributed by atoms with Crippen LogP contribution >= 0.6 is 0 Å². The van der Waals surface area contributed by atoms with E-state index >= 15 is 0 Å². The van der Waals surface area contributed by atoms with E-state index in [1.165, 1.54) is 54.5 Å². The molecular weight excluding hydrogens is 230 g/mol. The molecule has 106 valence electrons. The lowest BCUT2D eigenvalue weighted by molar-refractivity contribution is 0.397. The van der Waals surface area contributed by atoms with Crippen molar-refractivity contribution in [3.05, 3.63) is 34.4 Å². The summed E-state index contributed by atoms with van der Waals surface area (Å²) in [6.07, 6.45) is 5.55. The Hall–Kier alpha value is -0.820. The third-order valence-electron chi connectivity index (χ3n) is 4.87. The van der Waals surface area contributed by atoms with Crippen LogP contribution < -0.4 is 5.32 Å². The van der Waals surface area contributed by atoms with E-state index in [2.05, 4.69) is 52.1 Å². The van der Waals surface area contributed by atoms with E-state index < -0.39 is 0 Å². The van der Waals surface area contributed by atoms with Crippen LogP contribution in [0.3, 0.4) is 0 Å². The Bertz CT molecular complexity index is 443. The van der Waals surface area contributed by atoms with Crippen LogP contribution in [0.15, 0.2) is 12.1 Å². The maximum atomic E-state index is 3.77. The first-order chi connectivity index (χ1) is 8.97. The van der Waals surface area contributed by atoms with Crippen molar-refractivity contribution in [1.29, 1.82) is 0 Å². The Balaban J connectivity index is 2.00. The largest absolute Gasteiger partial charge is 0.310 e. The normalized spacial score (nSPS) is 18.4. The van der Waals surface area contributed by atoms with Gasteiger partial charge < -0.3 is 5.32 Å². The van der Waals surface area contributed by atoms with Crippen LogP contribution in [-0.4, -0.2) is 6.54 Å². The van der Waals surface area contributed by atoms with Gasteiger partial charge in [-0.05, 0) is 74.6 Å². The van der Waals surface area contributed by atoms with Gasteiger partial charge in [0.15, 0.2) is 0 Å². The number of hydrogen-bond donors (Lipinski definition) is 1. The number of benzene rings is 1. The summed E-state index contributed by atoms with van der Waals surface area (Å²) in [7, 11) is 0. The van der Waals surface area contributed by atoms with Crippen molar-refractivity contribution in [2.45, 2.75) is 66.3 Å². The molecule has 1 atom stereocenters. The van der Waals surface area contributed by atoms with Crippen LogP contribution in [-0.2, 0) is 0 Å². The molecule has 1 aromatic carbocycles. The van der Waals surface area contributed by atoms with Gasteiger partial charge in [0.1, 0.15) is 0 Å². The van der Waals surface area contributed by atoms with E-state index in [9.17, 15) is 0 Å². The average Bonchev–Trinajstić information content (AvgIpc) is 3.12. The molecule has 1 fully saturated rings. The molecule has 1 aromatic rings. The van der Waals surface area contributed by atoms with Crippen molar-refractivity contribution >= 4 is 0 Å². The second-order valence-corrected chi connectivity index (χ2v) is 6.65. The minimum atomic E-state index is 0.466. The summed E-state index contributed by atoms with van der Waals surface area (Å²) in [5.41, 5.74) is 6.33. The second kappa shape index (κ2) is 5.66. The van der Waals surface area contributed by atoms with Gasteiger partial charge >= 0.3 is 0 Å². The molecule has 0 aromatic heterocycles. The van der Waals surface area contributed by atoms with E-state index in [1.807, 2.05) is 0 Å². The Kier molecular flexibility index (Phi) is 4.35. The molecule has 0 saturated heterocycles. The fourth-order valence-corrected chi connectivity index (χ4v) is 3.15. The summed E-state index contributed by atoms with van der Waals surface area (Å²) in [6.45, 7) is 12.4. The quantitative estimate of drug-likeness (QED) is 0.770. The van der Waals surface area contributed by atoms with Crippen molar-refractivity contribution in [3.63, 3.8) is 0 Å². The molecule has 0 heterocycles. The summed E-state index contributed by atoms with van der Waals surface area (Å²) in [5, 5.41) is 3.77. The van der Waals surface area contributed by atoms with Crippen molar-refractivity contribution in [1.82, 2.24) is 5.32 Å². The summed E-state index contributed by atoms with van der Waals surface area (Å²) < 4.78 is 0. The van der Waals surface area contributed by atoms with Gasteiger partial charge in [-0.25, -0.2) is 0 Å². The minimum Gasteiger partial charge on any atom is -0.310 e. The molecule has 19 heavy (non-hydrogen) atoms. The molecule has 1 aliphatic rings. The van der Waals surface area contributed by atoms with Gasteiger partial charge in [-0.2, -0.15) is 0 Å². The van der Waals surface area contributed by atoms with Gasteiger partial charge in [-0.1, -0.05) is 25.5 Å². The van der Waals surface area contributed by atoms with E-state index in [0.29, 0.717) is 11.5 Å². The first kappa shape index (κ1) is 14.6. The van der Waals surface area contributed by atoms with E-state index in [-0.39, 0.29) is 0 Å². The zero-order valence-electron chi connectivity index (χ0n) is 13.3. The summed E-state index contributed by atoms with van der Waals surface area (Å²) in [5.74, 6) is 0. The molecule has 1 unspecified atom stereocenters. The lowest BCUT2D eigenvalue weighted by atomic mass is 9.95. The average molecular weight is 259 g/mol. The fourth-order valence-electron chi connectivity index (χ4n) is 3.15. The maximum Gasteiger partial charge on any atom is 0.0294 e. The highest BCUT2D eigenvalue weighted by Gasteiger charge is 2.41. The monoisotopic (exact) mass is 259 g/mol. The molecule has 0 bridgehead atoms. The summed E-state index contributed by atoms with van der Waals surface area (Å²) in [6, 6.07) is 5.15. The first-order valence-electron chi connectivity index (χ1n) is 7.78. The number of nitrogens with one attached hydrogen (secondary N) is 1. The van der Waals surface area contributed by atoms with Crippen molar-refractivity contribution in [2.75, 3.05) is 6.54 Å². The number of hydrogen-bond acceptors (Lipinski definition) is 1. The van der Waals surface area contributed by atoms with Crippen molar-refractivity contribution in [3.8, 4) is 0 Å². The smallest absolute Gasteiger partial charge is 0.0294 e. The predicted octanol–water partition coefficient (Wildman–Crippen LogP) is 4.84. The van der Waals surface area contributed by atoms with Crippen LogP contribution in [0, 0.1) is 26.2 Å². The van der Waals surface area contributed by atoms with Crippen LogP contribution in [0.5, 0.6) is 0 Å². The summed E-state index contributed by atoms with van der Waals surface area (Å²) in [4.78, 5) is 0. The lowest BCUT2D eigenvalue weighted by Crippen LogP contribution is -2.27. The number of rotatable bonds is 6. The van der Waals surface area contributed by atoms with Crippen molar-refractivity contribution < 1.29 is 0 Å². The molecule has 0 radical (unpaired) electrons. The molecule has 0 spiro atoms. The van der Waals surface area contributed by atoms with Crippen LogP contribution in [0.1, 0.15) is 67.8 Å². The summed E-state index contributed by atoms with van der Waals surface area (Å²) >= 11 is 0. The van der Waals surface area contributed by atoms with E-state index in [4.69, 9.17) is 0 Å². The Morgan fingerprint density at radius 2 is 1.74 bits per heavy atom. The Morgan fingerprint density at radius 1 is 1.11 bits per heavy atom. The molecular formula is C18H29N. The molecule has 1 aliphatic carbocycles. The molecule has 1 heteroatoms. The van der Waals surface area contributed by atoms with Gasteiger partial charge in [0, 0.05) is 12.6 Å². The van der Waals surface area contributed by atoms with E-state index in [0.717, 1.165) is 0 Å². The van der Waals surface area contributed by atoms with Crippen LogP contribution in [0.25, 0.3) is 0 Å². The van der Waals surface area contributed by atoms with Gasteiger partial charge in [-0.3, -0.25) is 0 Å². The fraction of sp³-hybridized carbons (Fsp3) is 0.667. The molecule has 1 nitrogen and oxygen atoms in total. The van der Waals surface area contributed by atoms with Crippen LogP contribution in [0.2, 0.25) is 0 Å². The minimum absolute atomic E-state index is 0.466. The first-order valence-corrected chi connectivity index (χ1v) is 7.78. The molecule has 0 amide bonds. The highest BCUT2D eigenvalue weighted by Crippen LogP contribution is 2.49. The topological polar surface area (TPSA) is 12.0 Å². The lowest BCUT2D eigenvalue weighted by Gasteiger charge is -2.22. The number of aryl methyl sites for hydroxylation is 3. The SMILES string of the molecule is CCCC1(CNC(C)c2cc(C)c(C)cc2C)CC1. The van der Waals surface area contributed by atoms with Crippen LogP contribution in [0.4, 0.5) is 0 Å². The highest BCUT2D eigenvalue weighted by molar-refractivity contribution is 5.38. The van der Waals surface area contributed by atoms with Gasteiger partial charge in [-0.15, -0.1) is 0 Å². The van der Waals surface area contributed by atoms with Gasteiger partial charge in [0.2, 0.25) is 0 Å². The Labute approximate surface area is 118 Å². The highest BCUT2D eigenvalue weighted by atomic mass is 14.9.